The van der Waals surface area contributed by atoms with Crippen LogP contribution in [0.15, 0.2) is 18.2 Å². The molecule has 1 aliphatic carbocycles. The molecule has 0 unspecified atom stereocenters. The van der Waals surface area contributed by atoms with Crippen molar-refractivity contribution in [3.8, 4) is 5.75 Å². The van der Waals surface area contributed by atoms with Gasteiger partial charge < -0.3 is 9.72 Å². The molecule has 0 atom stereocenters. The summed E-state index contributed by atoms with van der Waals surface area (Å²) in [4.78, 5) is 28.2. The fraction of sp³-hybridized carbons (Fsp3) is 0.222. The number of hydrogen-bond acceptors (Lipinski definition) is 3. The zero-order chi connectivity index (χ0) is 15.7. The lowest BCUT2D eigenvalue weighted by Gasteiger charge is -2.08. The van der Waals surface area contributed by atoms with Gasteiger partial charge in [-0.3, -0.25) is 14.9 Å². The van der Waals surface area contributed by atoms with Crippen LogP contribution in [-0.2, 0) is 12.8 Å². The minimum Gasteiger partial charge on any atom is -0.496 e. The average molecular weight is 306 g/mol. The summed E-state index contributed by atoms with van der Waals surface area (Å²) in [6.07, 6.45) is 2.78. The second kappa shape index (κ2) is 4.13. The van der Waals surface area contributed by atoms with Gasteiger partial charge in [-0.25, -0.2) is 0 Å². The van der Waals surface area contributed by atoms with Crippen molar-refractivity contribution in [1.82, 2.24) is 10.3 Å². The molecule has 2 aromatic carbocycles. The molecule has 2 heterocycles. The zero-order valence-corrected chi connectivity index (χ0v) is 12.6. The Balaban J connectivity index is 2.10. The van der Waals surface area contributed by atoms with Crippen LogP contribution in [0.1, 0.15) is 38.3 Å². The van der Waals surface area contributed by atoms with Gasteiger partial charge in [-0.2, -0.15) is 0 Å². The SMILES string of the molecule is COc1cccc2[nH]c3c4c(c5c(c3c12)C(=O)NC5=O)CCC4. The van der Waals surface area contributed by atoms with Crippen molar-refractivity contribution in [3.63, 3.8) is 0 Å². The summed E-state index contributed by atoms with van der Waals surface area (Å²) >= 11 is 0. The first-order valence-electron chi connectivity index (χ1n) is 7.72. The maximum Gasteiger partial charge on any atom is 0.259 e. The van der Waals surface area contributed by atoms with Crippen LogP contribution in [0, 0.1) is 0 Å². The first kappa shape index (κ1) is 12.7. The number of aromatic nitrogens is 1. The van der Waals surface area contributed by atoms with Crippen molar-refractivity contribution >= 4 is 33.6 Å². The first-order chi connectivity index (χ1) is 11.2. The Labute approximate surface area is 131 Å². The van der Waals surface area contributed by atoms with Gasteiger partial charge in [-0.15, -0.1) is 0 Å². The van der Waals surface area contributed by atoms with E-state index in [2.05, 4.69) is 10.3 Å². The van der Waals surface area contributed by atoms with Gasteiger partial charge in [0.25, 0.3) is 11.8 Å². The van der Waals surface area contributed by atoms with Crippen LogP contribution in [0.4, 0.5) is 0 Å². The zero-order valence-electron chi connectivity index (χ0n) is 12.6. The van der Waals surface area contributed by atoms with Gasteiger partial charge in [0.1, 0.15) is 5.75 Å². The number of carbonyl (C=O) groups excluding carboxylic acids is 2. The maximum atomic E-state index is 12.4. The highest BCUT2D eigenvalue weighted by Crippen LogP contribution is 2.43. The standard InChI is InChI=1S/C18H14N2O3/c1-23-11-7-3-6-10-13(11)14-15-12(17(21)20-18(15)22)8-4-2-5-9(8)16(14)19-10/h3,6-7,19H,2,4-5H2,1H3,(H,20,21,22). The number of nitrogens with one attached hydrogen (secondary N) is 2. The van der Waals surface area contributed by atoms with Crippen LogP contribution < -0.4 is 10.1 Å². The lowest BCUT2D eigenvalue weighted by molar-refractivity contribution is 0.0880. The highest BCUT2D eigenvalue weighted by Gasteiger charge is 2.36. The number of aromatic amines is 1. The van der Waals surface area contributed by atoms with E-state index in [4.69, 9.17) is 4.74 Å². The van der Waals surface area contributed by atoms with E-state index in [0.717, 1.165) is 46.6 Å². The summed E-state index contributed by atoms with van der Waals surface area (Å²) in [7, 11) is 1.62. The van der Waals surface area contributed by atoms with Crippen molar-refractivity contribution in [2.24, 2.45) is 0 Å². The van der Waals surface area contributed by atoms with Crippen LogP contribution in [0.2, 0.25) is 0 Å². The number of imide groups is 1. The molecule has 0 fully saturated rings. The highest BCUT2D eigenvalue weighted by atomic mass is 16.5. The molecule has 5 heteroatoms. The van der Waals surface area contributed by atoms with Gasteiger partial charge in [-0.1, -0.05) is 6.07 Å². The molecule has 2 amide bonds. The fourth-order valence-corrected chi connectivity index (χ4v) is 4.14. The number of ether oxygens (including phenoxy) is 1. The Hall–Kier alpha value is -2.82. The summed E-state index contributed by atoms with van der Waals surface area (Å²) in [6, 6.07) is 5.77. The smallest absolute Gasteiger partial charge is 0.259 e. The van der Waals surface area contributed by atoms with Crippen molar-refractivity contribution in [1.29, 1.82) is 0 Å². The molecule has 3 aromatic rings. The Morgan fingerprint density at radius 3 is 2.61 bits per heavy atom. The molecule has 0 bridgehead atoms. The van der Waals surface area contributed by atoms with E-state index in [1.807, 2.05) is 18.2 Å². The average Bonchev–Trinajstić information content (AvgIpc) is 3.22. The van der Waals surface area contributed by atoms with Crippen molar-refractivity contribution in [2.75, 3.05) is 7.11 Å². The summed E-state index contributed by atoms with van der Waals surface area (Å²) in [6.45, 7) is 0. The number of methoxy groups -OCH3 is 1. The second-order valence-corrected chi connectivity index (χ2v) is 6.10. The van der Waals surface area contributed by atoms with Gasteiger partial charge >= 0.3 is 0 Å². The predicted octanol–water partition coefficient (Wildman–Crippen LogP) is 2.70. The van der Waals surface area contributed by atoms with Crippen LogP contribution >= 0.6 is 0 Å². The summed E-state index contributed by atoms with van der Waals surface area (Å²) in [5, 5.41) is 4.16. The lowest BCUT2D eigenvalue weighted by Crippen LogP contribution is -2.20. The predicted molar refractivity (Wildman–Crippen MR) is 86.2 cm³/mol. The normalized spacial score (nSPS) is 16.0. The molecular formula is C18H14N2O3. The minimum atomic E-state index is -0.309. The van der Waals surface area contributed by atoms with E-state index in [9.17, 15) is 9.59 Å². The topological polar surface area (TPSA) is 71.2 Å². The molecule has 5 nitrogen and oxygen atoms in total. The van der Waals surface area contributed by atoms with Gasteiger partial charge in [0, 0.05) is 5.39 Å². The number of H-pyrrole nitrogens is 1. The summed E-state index contributed by atoms with van der Waals surface area (Å²) < 4.78 is 5.50. The molecule has 0 saturated carbocycles. The van der Waals surface area contributed by atoms with Crippen LogP contribution in [0.3, 0.4) is 0 Å². The van der Waals surface area contributed by atoms with E-state index in [1.54, 1.807) is 7.11 Å². The summed E-state index contributed by atoms with van der Waals surface area (Å²) in [5.41, 5.74) is 5.17. The molecule has 1 aromatic heterocycles. The van der Waals surface area contributed by atoms with Gasteiger partial charge in [0.2, 0.25) is 0 Å². The Kier molecular flexibility index (Phi) is 2.28. The van der Waals surface area contributed by atoms with Crippen LogP contribution in [0.25, 0.3) is 21.8 Å². The molecule has 23 heavy (non-hydrogen) atoms. The fourth-order valence-electron chi connectivity index (χ4n) is 4.14. The lowest BCUT2D eigenvalue weighted by atomic mass is 9.93. The molecule has 1 aliphatic heterocycles. The van der Waals surface area contributed by atoms with Crippen LogP contribution in [-0.4, -0.2) is 23.9 Å². The van der Waals surface area contributed by atoms with E-state index in [1.165, 1.54) is 5.56 Å². The van der Waals surface area contributed by atoms with Crippen molar-refractivity contribution in [2.45, 2.75) is 19.3 Å². The number of carbonyl (C=O) groups is 2. The van der Waals surface area contributed by atoms with E-state index < -0.39 is 0 Å². The molecule has 0 saturated heterocycles. The van der Waals surface area contributed by atoms with E-state index >= 15 is 0 Å². The third-order valence-corrected chi connectivity index (χ3v) is 5.01. The largest absolute Gasteiger partial charge is 0.496 e. The molecule has 5 rings (SSSR count). The molecule has 0 spiro atoms. The number of benzene rings is 2. The highest BCUT2D eigenvalue weighted by molar-refractivity contribution is 6.31. The van der Waals surface area contributed by atoms with Crippen LogP contribution in [0.5, 0.6) is 5.75 Å². The Morgan fingerprint density at radius 2 is 1.78 bits per heavy atom. The Morgan fingerprint density at radius 1 is 1.00 bits per heavy atom. The van der Waals surface area contributed by atoms with E-state index in [-0.39, 0.29) is 11.8 Å². The number of rotatable bonds is 1. The maximum absolute atomic E-state index is 12.4. The second-order valence-electron chi connectivity index (χ2n) is 6.10. The molecule has 2 N–H and O–H groups in total. The van der Waals surface area contributed by atoms with Crippen molar-refractivity contribution in [3.05, 3.63) is 40.5 Å². The number of fused-ring (bicyclic) bond motifs is 8. The van der Waals surface area contributed by atoms with E-state index in [0.29, 0.717) is 16.9 Å². The third-order valence-electron chi connectivity index (χ3n) is 5.01. The summed E-state index contributed by atoms with van der Waals surface area (Å²) in [5.74, 6) is 0.131. The van der Waals surface area contributed by atoms with Gasteiger partial charge in [0.05, 0.1) is 34.7 Å². The quantitative estimate of drug-likeness (QED) is 0.679. The monoisotopic (exact) mass is 306 g/mol. The van der Waals surface area contributed by atoms with Gasteiger partial charge in [0.15, 0.2) is 0 Å². The molecule has 0 radical (unpaired) electrons. The van der Waals surface area contributed by atoms with Crippen molar-refractivity contribution < 1.29 is 14.3 Å². The Bertz CT molecular complexity index is 1050. The molecule has 114 valence electrons. The van der Waals surface area contributed by atoms with Gasteiger partial charge in [-0.05, 0) is 42.5 Å². The number of hydrogen-bond donors (Lipinski definition) is 2. The third kappa shape index (κ3) is 1.42. The molecular weight excluding hydrogens is 292 g/mol. The molecule has 2 aliphatic rings. The number of aryl methyl sites for hydroxylation is 1. The first-order valence-corrected chi connectivity index (χ1v) is 7.72. The number of amides is 2. The minimum absolute atomic E-state index is 0.269.